The molecule has 0 aliphatic carbocycles. The number of thioether (sulfide) groups is 2. The number of aliphatic hydroxyl groups excluding tert-OH is 2. The summed E-state index contributed by atoms with van der Waals surface area (Å²) in [6.07, 6.45) is -1.91. The number of aliphatic carboxylic acids is 2. The average molecular weight is 796 g/mol. The molecule has 54 heavy (non-hydrogen) atoms. The molecule has 5 heterocycles. The third-order valence-corrected chi connectivity index (χ3v) is 14.2. The van der Waals surface area contributed by atoms with Crippen LogP contribution in [0.2, 0.25) is 0 Å². The molecule has 5 aliphatic rings. The predicted molar refractivity (Wildman–Crippen MR) is 197 cm³/mol. The topological polar surface area (TPSA) is 241 Å². The van der Waals surface area contributed by atoms with Crippen LogP contribution in [0.5, 0.6) is 0 Å². The van der Waals surface area contributed by atoms with Gasteiger partial charge in [0.25, 0.3) is 0 Å². The molecule has 0 bridgehead atoms. The number of nitrogens with one attached hydrogen (secondary N) is 1. The lowest BCUT2D eigenvalue weighted by atomic mass is 9.79. The number of carboxylic acid groups (broad SMARTS) is 2. The molecule has 5 rings (SSSR count). The Morgan fingerprint density at radius 3 is 1.93 bits per heavy atom. The maximum absolute atomic E-state index is 14.6. The first-order valence-corrected chi connectivity index (χ1v) is 19.6. The maximum atomic E-state index is 14.6. The molecule has 0 radical (unpaired) electrons. The number of carbonyl (C=O) groups excluding carboxylic acids is 4. The number of nitrogens with zero attached hydrogens (tertiary/aromatic N) is 6. The minimum absolute atomic E-state index is 0.00164. The van der Waals surface area contributed by atoms with E-state index in [9.17, 15) is 54.1 Å². The molecule has 298 valence electrons. The Labute approximate surface area is 321 Å². The van der Waals surface area contributed by atoms with Crippen molar-refractivity contribution in [3.05, 3.63) is 26.1 Å². The molecule has 5 N–H and O–H groups in total. The SMILES string of the molecule is C[C@@H](O)C(C(=O)N1C[C@@H](SC2=C(C(=O)O)N3C(=O)[C@H]([C@@H](C)O)[C@H]3[C@H]2C)C[C@H]1C(=O)N(C)C)[C@@H]1NC(C(=O)O)=C(S[C@H]2C[C@@H](C(=O)N(C)C)N(N=O)C2)[C@@H]1C. The van der Waals surface area contributed by atoms with Gasteiger partial charge in [0.2, 0.25) is 23.6 Å². The van der Waals surface area contributed by atoms with Crippen LogP contribution in [0.15, 0.2) is 26.5 Å². The van der Waals surface area contributed by atoms with Gasteiger partial charge in [-0.1, -0.05) is 13.8 Å². The van der Waals surface area contributed by atoms with Gasteiger partial charge in [-0.25, -0.2) is 14.6 Å². The number of amides is 4. The van der Waals surface area contributed by atoms with Crippen molar-refractivity contribution in [1.29, 1.82) is 0 Å². The van der Waals surface area contributed by atoms with E-state index in [2.05, 4.69) is 10.6 Å². The number of aliphatic hydroxyl groups is 2. The molecular formula is C34H49N7O11S2. The molecule has 4 amide bonds. The largest absolute Gasteiger partial charge is 0.477 e. The number of hydrogen-bond acceptors (Lipinski definition) is 13. The molecule has 0 aromatic heterocycles. The number of β-lactam (4-membered cyclic amide) rings is 1. The fourth-order valence-electron chi connectivity index (χ4n) is 8.52. The monoisotopic (exact) mass is 795 g/mol. The zero-order valence-corrected chi connectivity index (χ0v) is 33.0. The Bertz CT molecular complexity index is 1670. The van der Waals surface area contributed by atoms with E-state index in [4.69, 9.17) is 0 Å². The Morgan fingerprint density at radius 2 is 1.41 bits per heavy atom. The Morgan fingerprint density at radius 1 is 0.852 bits per heavy atom. The summed E-state index contributed by atoms with van der Waals surface area (Å²) in [5.41, 5.74) is -0.340. The van der Waals surface area contributed by atoms with Crippen molar-refractivity contribution in [2.45, 2.75) is 87.4 Å². The lowest BCUT2D eigenvalue weighted by Gasteiger charge is -2.46. The smallest absolute Gasteiger partial charge is 0.353 e. The Balaban J connectivity index is 1.40. The number of hydrogen-bond donors (Lipinski definition) is 5. The summed E-state index contributed by atoms with van der Waals surface area (Å²) in [6.45, 7) is 6.51. The Hall–Kier alpha value is -3.88. The number of carbonyl (C=O) groups is 6. The second-order valence-corrected chi connectivity index (χ2v) is 17.9. The average Bonchev–Trinajstić information content (AvgIpc) is 3.83. The number of fused-ring (bicyclic) bond motifs is 1. The zero-order chi connectivity index (χ0) is 40.2. The summed E-state index contributed by atoms with van der Waals surface area (Å²) >= 11 is 2.37. The van der Waals surface area contributed by atoms with Gasteiger partial charge >= 0.3 is 11.9 Å². The van der Waals surface area contributed by atoms with Gasteiger partial charge in [-0.15, -0.1) is 28.4 Å². The van der Waals surface area contributed by atoms with Crippen molar-refractivity contribution < 1.29 is 49.2 Å². The Kier molecular flexibility index (Phi) is 12.0. The molecule has 0 aromatic rings. The second-order valence-electron chi connectivity index (χ2n) is 15.2. The van der Waals surface area contributed by atoms with Crippen LogP contribution in [0, 0.1) is 28.6 Å². The van der Waals surface area contributed by atoms with Crippen LogP contribution in [-0.4, -0.2) is 169 Å². The van der Waals surface area contributed by atoms with Crippen LogP contribution >= 0.6 is 23.5 Å². The summed E-state index contributed by atoms with van der Waals surface area (Å²) in [6, 6.07) is -3.25. The van der Waals surface area contributed by atoms with Crippen LogP contribution in [0.1, 0.15) is 40.5 Å². The molecular weight excluding hydrogens is 747 g/mol. The highest BCUT2D eigenvalue weighted by Gasteiger charge is 2.60. The maximum Gasteiger partial charge on any atom is 0.353 e. The van der Waals surface area contributed by atoms with Gasteiger partial charge in [0.05, 0.1) is 41.9 Å². The van der Waals surface area contributed by atoms with Crippen LogP contribution in [0.3, 0.4) is 0 Å². The van der Waals surface area contributed by atoms with E-state index in [1.807, 2.05) is 0 Å². The van der Waals surface area contributed by atoms with Crippen molar-refractivity contribution in [3.63, 3.8) is 0 Å². The normalized spacial score (nSPS) is 32.2. The van der Waals surface area contributed by atoms with Gasteiger partial charge in [0.1, 0.15) is 23.5 Å². The highest BCUT2D eigenvalue weighted by atomic mass is 32.2. The number of carboxylic acids is 2. The van der Waals surface area contributed by atoms with E-state index in [1.54, 1.807) is 42.0 Å². The van der Waals surface area contributed by atoms with E-state index in [-0.39, 0.29) is 54.4 Å². The highest BCUT2D eigenvalue weighted by molar-refractivity contribution is 8.04. The molecule has 20 heteroatoms. The molecule has 1 unspecified atom stereocenters. The quantitative estimate of drug-likeness (QED) is 0.120. The van der Waals surface area contributed by atoms with Crippen LogP contribution in [0.25, 0.3) is 0 Å². The number of likely N-dealkylation sites (N-methyl/N-ethyl adjacent to an activating group) is 2. The summed E-state index contributed by atoms with van der Waals surface area (Å²) in [5, 5.41) is 48.1. The molecule has 3 fully saturated rings. The third kappa shape index (κ3) is 7.16. The summed E-state index contributed by atoms with van der Waals surface area (Å²) in [5.74, 6) is -7.40. The summed E-state index contributed by atoms with van der Waals surface area (Å²) in [7, 11) is 6.21. The van der Waals surface area contributed by atoms with Crippen LogP contribution in [0.4, 0.5) is 0 Å². The fraction of sp³-hybridized carbons (Fsp3) is 0.706. The van der Waals surface area contributed by atoms with Crippen molar-refractivity contribution >= 4 is 59.1 Å². The van der Waals surface area contributed by atoms with E-state index in [1.165, 1.54) is 57.0 Å². The molecule has 12 atom stereocenters. The number of likely N-dealkylation sites (tertiary alicyclic amines) is 1. The molecule has 0 saturated carbocycles. The van der Waals surface area contributed by atoms with Gasteiger partial charge in [0, 0.05) is 72.9 Å². The first kappa shape index (κ1) is 41.3. The van der Waals surface area contributed by atoms with E-state index in [0.29, 0.717) is 9.81 Å². The van der Waals surface area contributed by atoms with Gasteiger partial charge in [-0.3, -0.25) is 19.2 Å². The van der Waals surface area contributed by atoms with Crippen molar-refractivity contribution in [2.24, 2.45) is 29.0 Å². The minimum atomic E-state index is -1.30. The van der Waals surface area contributed by atoms with Crippen LogP contribution in [-0.2, 0) is 28.8 Å². The fourth-order valence-corrected chi connectivity index (χ4v) is 11.5. The van der Waals surface area contributed by atoms with E-state index >= 15 is 0 Å². The first-order valence-electron chi connectivity index (χ1n) is 17.8. The molecule has 0 aromatic carbocycles. The molecule has 3 saturated heterocycles. The standard InChI is InChI=1S/C34H49N7O11S2/c1-13-23(35-24(33(48)49)27(13)53-18-10-20(30(45)38(7)8)40(12-18)36-52)21(15(3)42)31(46)39-11-17(9-19(39)29(44)37(5)6)54-28-14(2)25-22(16(4)43)32(47)41(25)26(28)34(50)51/h13-23,25,35,42-43H,9-12H2,1-8H3,(H,48,49)(H,50,51)/t13-,14-,15-,16-,17+,18+,19+,20+,21?,22-,23-,25-/m1/s1. The van der Waals surface area contributed by atoms with Crippen LogP contribution < -0.4 is 5.32 Å². The zero-order valence-electron chi connectivity index (χ0n) is 31.4. The molecule has 18 nitrogen and oxygen atoms in total. The minimum Gasteiger partial charge on any atom is -0.477 e. The predicted octanol–water partition coefficient (Wildman–Crippen LogP) is -0.222. The highest BCUT2D eigenvalue weighted by Crippen LogP contribution is 2.52. The number of rotatable bonds is 13. The lowest BCUT2D eigenvalue weighted by Crippen LogP contribution is -2.63. The van der Waals surface area contributed by atoms with Crippen molar-refractivity contribution in [2.75, 3.05) is 41.3 Å². The van der Waals surface area contributed by atoms with Gasteiger partial charge in [0.15, 0.2) is 0 Å². The summed E-state index contributed by atoms with van der Waals surface area (Å²) < 4.78 is 0. The van der Waals surface area contributed by atoms with Gasteiger partial charge < -0.3 is 45.3 Å². The van der Waals surface area contributed by atoms with E-state index in [0.717, 1.165) is 5.01 Å². The van der Waals surface area contributed by atoms with Gasteiger partial charge in [-0.05, 0) is 26.7 Å². The first-order chi connectivity index (χ1) is 25.2. The third-order valence-electron chi connectivity index (χ3n) is 11.2. The molecule has 0 spiro atoms. The molecule has 5 aliphatic heterocycles. The second kappa shape index (κ2) is 15.7. The van der Waals surface area contributed by atoms with Crippen molar-refractivity contribution in [1.82, 2.24) is 29.9 Å². The summed E-state index contributed by atoms with van der Waals surface area (Å²) in [4.78, 5) is 96.6. The lowest BCUT2D eigenvalue weighted by molar-refractivity contribution is -0.163. The van der Waals surface area contributed by atoms with Gasteiger partial charge in [-0.2, -0.15) is 0 Å². The number of nitroso groups, excluding NO2 is 1. The van der Waals surface area contributed by atoms with E-state index < -0.39 is 89.0 Å². The van der Waals surface area contributed by atoms with Crippen molar-refractivity contribution in [3.8, 4) is 0 Å².